The lowest BCUT2D eigenvalue weighted by Crippen LogP contribution is -2.30. The van der Waals surface area contributed by atoms with E-state index in [1.54, 1.807) is 6.92 Å². The number of fused-ring (bicyclic) bond motifs is 1. The predicted octanol–water partition coefficient (Wildman–Crippen LogP) is 3.92. The van der Waals surface area contributed by atoms with Gasteiger partial charge in [0.15, 0.2) is 0 Å². The summed E-state index contributed by atoms with van der Waals surface area (Å²) < 4.78 is 7.45. The number of hydrogen-bond acceptors (Lipinski definition) is 4. The standard InChI is InChI=1S/C22H22N4O2/c1-15(17-6-4-3-5-7-17)13-23-21(27)14-26-11-10-18-8-9-19(12-20(18)26)22-25-24-16(2)28-22/h3-12,15H,13-14H2,1-2H3,(H,23,27). The zero-order chi connectivity index (χ0) is 19.5. The molecule has 2 heterocycles. The third kappa shape index (κ3) is 3.81. The number of carbonyl (C=O) groups excluding carboxylic acids is 1. The molecule has 0 aliphatic carbocycles. The lowest BCUT2D eigenvalue weighted by atomic mass is 10.0. The summed E-state index contributed by atoms with van der Waals surface area (Å²) in [5, 5.41) is 12.0. The molecule has 0 aliphatic rings. The molecule has 142 valence electrons. The van der Waals surface area contributed by atoms with Crippen LogP contribution in [0.1, 0.15) is 24.3 Å². The molecule has 0 aliphatic heterocycles. The fourth-order valence-electron chi connectivity index (χ4n) is 3.25. The van der Waals surface area contributed by atoms with Crippen LogP contribution in [0.2, 0.25) is 0 Å². The Balaban J connectivity index is 1.46. The van der Waals surface area contributed by atoms with Crippen LogP contribution in [0.15, 0.2) is 65.2 Å². The number of benzene rings is 2. The summed E-state index contributed by atoms with van der Waals surface area (Å²) >= 11 is 0. The summed E-state index contributed by atoms with van der Waals surface area (Å²) in [7, 11) is 0. The van der Waals surface area contributed by atoms with Gasteiger partial charge < -0.3 is 14.3 Å². The maximum Gasteiger partial charge on any atom is 0.247 e. The Bertz CT molecular complexity index is 1100. The number of carbonyl (C=O) groups is 1. The highest BCUT2D eigenvalue weighted by Gasteiger charge is 2.12. The van der Waals surface area contributed by atoms with Crippen molar-refractivity contribution >= 4 is 16.8 Å². The molecule has 0 spiro atoms. The van der Waals surface area contributed by atoms with Gasteiger partial charge in [0.25, 0.3) is 0 Å². The van der Waals surface area contributed by atoms with Crippen LogP contribution in [0.4, 0.5) is 0 Å². The van der Waals surface area contributed by atoms with Crippen LogP contribution in [0.25, 0.3) is 22.4 Å². The van der Waals surface area contributed by atoms with Crippen molar-refractivity contribution < 1.29 is 9.21 Å². The maximum absolute atomic E-state index is 12.5. The van der Waals surface area contributed by atoms with Gasteiger partial charge in [0.2, 0.25) is 17.7 Å². The first kappa shape index (κ1) is 18.0. The number of amides is 1. The summed E-state index contributed by atoms with van der Waals surface area (Å²) in [5.74, 6) is 1.25. The largest absolute Gasteiger partial charge is 0.421 e. The first-order chi connectivity index (χ1) is 13.6. The lowest BCUT2D eigenvalue weighted by Gasteiger charge is -2.13. The second kappa shape index (κ2) is 7.68. The monoisotopic (exact) mass is 374 g/mol. The molecule has 2 aromatic carbocycles. The Morgan fingerprint density at radius 1 is 1.14 bits per heavy atom. The summed E-state index contributed by atoms with van der Waals surface area (Å²) in [6.45, 7) is 4.74. The number of nitrogens with one attached hydrogen (secondary N) is 1. The van der Waals surface area contributed by atoms with Crippen molar-refractivity contribution in [2.75, 3.05) is 6.54 Å². The Labute approximate surface area is 163 Å². The van der Waals surface area contributed by atoms with Crippen molar-refractivity contribution in [3.63, 3.8) is 0 Å². The molecular formula is C22H22N4O2. The van der Waals surface area contributed by atoms with Gasteiger partial charge in [-0.15, -0.1) is 10.2 Å². The molecule has 4 aromatic rings. The first-order valence-electron chi connectivity index (χ1n) is 9.31. The van der Waals surface area contributed by atoms with E-state index in [1.807, 2.05) is 53.2 Å². The Morgan fingerprint density at radius 2 is 1.96 bits per heavy atom. The molecule has 6 nitrogen and oxygen atoms in total. The van der Waals surface area contributed by atoms with Crippen molar-refractivity contribution in [1.29, 1.82) is 0 Å². The SMILES string of the molecule is Cc1nnc(-c2ccc3ccn(CC(=O)NCC(C)c4ccccc4)c3c2)o1. The fourth-order valence-corrected chi connectivity index (χ4v) is 3.25. The average Bonchev–Trinajstić information content (AvgIpc) is 3.33. The summed E-state index contributed by atoms with van der Waals surface area (Å²) in [4.78, 5) is 12.5. The van der Waals surface area contributed by atoms with Crippen LogP contribution in [0.5, 0.6) is 0 Å². The molecule has 0 saturated heterocycles. The number of aromatic nitrogens is 3. The van der Waals surface area contributed by atoms with Gasteiger partial charge in [-0.25, -0.2) is 0 Å². The van der Waals surface area contributed by atoms with E-state index in [4.69, 9.17) is 4.42 Å². The summed E-state index contributed by atoms with van der Waals surface area (Å²) in [6.07, 6.45) is 1.92. The second-order valence-corrected chi connectivity index (χ2v) is 6.96. The van der Waals surface area contributed by atoms with E-state index < -0.39 is 0 Å². The number of rotatable bonds is 6. The zero-order valence-corrected chi connectivity index (χ0v) is 15.9. The van der Waals surface area contributed by atoms with Crippen LogP contribution in [0.3, 0.4) is 0 Å². The van der Waals surface area contributed by atoms with E-state index in [0.717, 1.165) is 16.5 Å². The van der Waals surface area contributed by atoms with Gasteiger partial charge in [-0.1, -0.05) is 43.3 Å². The van der Waals surface area contributed by atoms with Crippen LogP contribution >= 0.6 is 0 Å². The van der Waals surface area contributed by atoms with Gasteiger partial charge in [0.1, 0.15) is 6.54 Å². The molecular weight excluding hydrogens is 352 g/mol. The molecule has 4 rings (SSSR count). The molecule has 6 heteroatoms. The van der Waals surface area contributed by atoms with E-state index in [-0.39, 0.29) is 18.4 Å². The van der Waals surface area contributed by atoms with E-state index in [0.29, 0.717) is 18.3 Å². The van der Waals surface area contributed by atoms with E-state index in [1.165, 1.54) is 5.56 Å². The fraction of sp³-hybridized carbons (Fsp3) is 0.227. The van der Waals surface area contributed by atoms with Crippen LogP contribution < -0.4 is 5.32 Å². The molecule has 0 fully saturated rings. The minimum absolute atomic E-state index is 0.0145. The van der Waals surface area contributed by atoms with Crippen molar-refractivity contribution in [2.24, 2.45) is 0 Å². The summed E-state index contributed by atoms with van der Waals surface area (Å²) in [5.41, 5.74) is 3.01. The number of hydrogen-bond donors (Lipinski definition) is 1. The van der Waals surface area contributed by atoms with Gasteiger partial charge in [-0.3, -0.25) is 4.79 Å². The molecule has 0 radical (unpaired) electrons. The Kier molecular flexibility index (Phi) is 4.93. The minimum Gasteiger partial charge on any atom is -0.421 e. The molecule has 0 bridgehead atoms. The molecule has 1 amide bonds. The molecule has 1 unspecified atom stereocenters. The van der Waals surface area contributed by atoms with Gasteiger partial charge >= 0.3 is 0 Å². The van der Waals surface area contributed by atoms with E-state index in [9.17, 15) is 4.79 Å². The quantitative estimate of drug-likeness (QED) is 0.555. The third-order valence-corrected chi connectivity index (χ3v) is 4.83. The molecule has 1 N–H and O–H groups in total. The highest BCUT2D eigenvalue weighted by molar-refractivity contribution is 5.86. The minimum atomic E-state index is -0.0145. The first-order valence-corrected chi connectivity index (χ1v) is 9.31. The van der Waals surface area contributed by atoms with Gasteiger partial charge in [0.05, 0.1) is 0 Å². The van der Waals surface area contributed by atoms with Gasteiger partial charge in [-0.2, -0.15) is 0 Å². The topological polar surface area (TPSA) is 73.0 Å². The van der Waals surface area contributed by atoms with Crippen LogP contribution in [-0.2, 0) is 11.3 Å². The van der Waals surface area contributed by atoms with Gasteiger partial charge in [-0.05, 0) is 35.1 Å². The zero-order valence-electron chi connectivity index (χ0n) is 15.9. The Hall–Kier alpha value is -3.41. The molecule has 0 saturated carbocycles. The molecule has 28 heavy (non-hydrogen) atoms. The third-order valence-electron chi connectivity index (χ3n) is 4.83. The lowest BCUT2D eigenvalue weighted by molar-refractivity contribution is -0.121. The van der Waals surface area contributed by atoms with Crippen molar-refractivity contribution in [3.05, 3.63) is 72.2 Å². The maximum atomic E-state index is 12.5. The van der Waals surface area contributed by atoms with Crippen LogP contribution in [-0.4, -0.2) is 27.2 Å². The number of aryl methyl sites for hydroxylation is 1. The molecule has 2 aromatic heterocycles. The summed E-state index contributed by atoms with van der Waals surface area (Å²) in [6, 6.07) is 18.1. The predicted molar refractivity (Wildman–Crippen MR) is 108 cm³/mol. The average molecular weight is 374 g/mol. The second-order valence-electron chi connectivity index (χ2n) is 6.96. The highest BCUT2D eigenvalue weighted by Crippen LogP contribution is 2.24. The van der Waals surface area contributed by atoms with Crippen molar-refractivity contribution in [1.82, 2.24) is 20.1 Å². The van der Waals surface area contributed by atoms with E-state index in [2.05, 4.69) is 34.6 Å². The van der Waals surface area contributed by atoms with Gasteiger partial charge in [0, 0.05) is 30.7 Å². The normalized spacial score (nSPS) is 12.2. The molecule has 1 atom stereocenters. The smallest absolute Gasteiger partial charge is 0.247 e. The Morgan fingerprint density at radius 3 is 2.71 bits per heavy atom. The van der Waals surface area contributed by atoms with Crippen molar-refractivity contribution in [3.8, 4) is 11.5 Å². The number of nitrogens with zero attached hydrogens (tertiary/aromatic N) is 3. The highest BCUT2D eigenvalue weighted by atomic mass is 16.4. The van der Waals surface area contributed by atoms with Crippen LogP contribution in [0, 0.1) is 6.92 Å². The van der Waals surface area contributed by atoms with E-state index >= 15 is 0 Å². The van der Waals surface area contributed by atoms with Crippen molar-refractivity contribution in [2.45, 2.75) is 26.3 Å².